The summed E-state index contributed by atoms with van der Waals surface area (Å²) in [6.07, 6.45) is 3.20. The van der Waals surface area contributed by atoms with E-state index in [1.807, 2.05) is 0 Å². The number of anilines is 1. The van der Waals surface area contributed by atoms with Crippen LogP contribution in [0.1, 0.15) is 26.7 Å². The number of pyridine rings is 1. The van der Waals surface area contributed by atoms with Gasteiger partial charge in [-0.3, -0.25) is 0 Å². The zero-order valence-electron chi connectivity index (χ0n) is 9.65. The van der Waals surface area contributed by atoms with Crippen LogP contribution in [-0.2, 0) is 0 Å². The summed E-state index contributed by atoms with van der Waals surface area (Å²) < 4.78 is 12.8. The minimum absolute atomic E-state index is 0.0606. The van der Waals surface area contributed by atoms with Crippen molar-refractivity contribution in [1.29, 1.82) is 0 Å². The lowest BCUT2D eigenvalue weighted by atomic mass is 9.97. The average Bonchev–Trinajstić information content (AvgIpc) is 2.66. The van der Waals surface area contributed by atoms with E-state index in [4.69, 9.17) is 0 Å². The van der Waals surface area contributed by atoms with E-state index in [0.717, 1.165) is 25.2 Å². The molecule has 1 aliphatic heterocycles. The summed E-state index contributed by atoms with van der Waals surface area (Å²) in [6, 6.07) is 3.13. The van der Waals surface area contributed by atoms with Gasteiger partial charge in [0.05, 0.1) is 17.8 Å². The Labute approximate surface area is 94.9 Å². The molecule has 0 spiro atoms. The summed E-state index contributed by atoms with van der Waals surface area (Å²) in [4.78, 5) is 6.12. The highest BCUT2D eigenvalue weighted by molar-refractivity contribution is 5.41. The molecule has 2 rings (SSSR count). The maximum Gasteiger partial charge on any atom is 0.141 e. The molecular weight excluding hydrogens is 207 g/mol. The van der Waals surface area contributed by atoms with Crippen molar-refractivity contribution in [2.24, 2.45) is 0 Å². The molecule has 1 aliphatic rings. The topological polar surface area (TPSA) is 36.4 Å². The second-order valence-electron chi connectivity index (χ2n) is 4.84. The summed E-state index contributed by atoms with van der Waals surface area (Å²) in [5, 5.41) is 10.1. The Kier molecular flexibility index (Phi) is 2.84. The first kappa shape index (κ1) is 11.3. The normalized spacial score (nSPS) is 21.5. The minimum Gasteiger partial charge on any atom is -0.388 e. The van der Waals surface area contributed by atoms with Gasteiger partial charge in [0.2, 0.25) is 0 Å². The molecule has 1 aromatic rings. The first-order valence-corrected chi connectivity index (χ1v) is 5.59. The lowest BCUT2D eigenvalue weighted by Gasteiger charge is -2.34. The monoisotopic (exact) mass is 224 g/mol. The highest BCUT2D eigenvalue weighted by Crippen LogP contribution is 2.30. The van der Waals surface area contributed by atoms with Gasteiger partial charge in [-0.1, -0.05) is 0 Å². The van der Waals surface area contributed by atoms with Gasteiger partial charge in [-0.2, -0.15) is 0 Å². The van der Waals surface area contributed by atoms with Crippen LogP contribution in [-0.4, -0.2) is 28.3 Å². The van der Waals surface area contributed by atoms with E-state index in [-0.39, 0.29) is 11.9 Å². The molecule has 3 nitrogen and oxygen atoms in total. The molecule has 4 heteroatoms. The molecular formula is C12H17FN2O. The van der Waals surface area contributed by atoms with Crippen LogP contribution < -0.4 is 4.90 Å². The lowest BCUT2D eigenvalue weighted by Crippen LogP contribution is -2.46. The third-order valence-corrected chi connectivity index (χ3v) is 3.07. The van der Waals surface area contributed by atoms with Crippen molar-refractivity contribution in [1.82, 2.24) is 4.98 Å². The number of aromatic nitrogens is 1. The van der Waals surface area contributed by atoms with Gasteiger partial charge in [-0.15, -0.1) is 0 Å². The molecule has 0 aromatic carbocycles. The molecule has 0 amide bonds. The average molecular weight is 224 g/mol. The molecule has 1 aromatic heterocycles. The second kappa shape index (κ2) is 4.01. The number of nitrogens with zero attached hydrogens (tertiary/aromatic N) is 2. The molecule has 0 unspecified atom stereocenters. The Bertz CT molecular complexity index is 358. The smallest absolute Gasteiger partial charge is 0.141 e. The molecule has 88 valence electrons. The van der Waals surface area contributed by atoms with Crippen molar-refractivity contribution < 1.29 is 9.50 Å². The van der Waals surface area contributed by atoms with Gasteiger partial charge in [0, 0.05) is 6.54 Å². The van der Waals surface area contributed by atoms with Crippen molar-refractivity contribution >= 4 is 5.82 Å². The number of rotatable bonds is 2. The van der Waals surface area contributed by atoms with Crippen LogP contribution >= 0.6 is 0 Å². The molecule has 0 saturated carbocycles. The van der Waals surface area contributed by atoms with Crippen molar-refractivity contribution in [2.45, 2.75) is 38.3 Å². The highest BCUT2D eigenvalue weighted by Gasteiger charge is 2.36. The quantitative estimate of drug-likeness (QED) is 0.834. The van der Waals surface area contributed by atoms with Crippen molar-refractivity contribution in [3.63, 3.8) is 0 Å². The Balaban J connectivity index is 2.23. The molecule has 1 N–H and O–H groups in total. The standard InChI is InChI=1S/C12H17FN2O/c1-12(2,16)10-4-3-7-15(10)11-6-5-9(13)8-14-11/h5-6,8,10,16H,3-4,7H2,1-2H3/t10-/m1/s1. The van der Waals surface area contributed by atoms with Crippen LogP contribution in [0.3, 0.4) is 0 Å². The molecule has 1 atom stereocenters. The van der Waals surface area contributed by atoms with Gasteiger partial charge in [-0.25, -0.2) is 9.37 Å². The molecule has 0 radical (unpaired) electrons. The number of hydrogen-bond donors (Lipinski definition) is 1. The van der Waals surface area contributed by atoms with Crippen LogP contribution in [0.15, 0.2) is 18.3 Å². The highest BCUT2D eigenvalue weighted by atomic mass is 19.1. The lowest BCUT2D eigenvalue weighted by molar-refractivity contribution is 0.0533. The summed E-state index contributed by atoms with van der Waals surface area (Å²) in [5.41, 5.74) is -0.757. The first-order chi connectivity index (χ1) is 7.48. The van der Waals surface area contributed by atoms with Gasteiger partial charge in [0.25, 0.3) is 0 Å². The van der Waals surface area contributed by atoms with Crippen LogP contribution in [0.25, 0.3) is 0 Å². The van der Waals surface area contributed by atoms with E-state index >= 15 is 0 Å². The molecule has 1 fully saturated rings. The molecule has 0 bridgehead atoms. The maximum atomic E-state index is 12.8. The van der Waals surface area contributed by atoms with Gasteiger partial charge in [-0.05, 0) is 38.8 Å². The largest absolute Gasteiger partial charge is 0.388 e. The fourth-order valence-electron chi connectivity index (χ4n) is 2.31. The van der Waals surface area contributed by atoms with E-state index < -0.39 is 5.60 Å². The van der Waals surface area contributed by atoms with Gasteiger partial charge in [0.15, 0.2) is 0 Å². The number of hydrogen-bond acceptors (Lipinski definition) is 3. The Morgan fingerprint density at radius 3 is 2.81 bits per heavy atom. The predicted octanol–water partition coefficient (Wildman–Crippen LogP) is 1.96. The van der Waals surface area contributed by atoms with E-state index in [9.17, 15) is 9.50 Å². The SMILES string of the molecule is CC(C)(O)[C@H]1CCCN1c1ccc(F)cn1. The van der Waals surface area contributed by atoms with Crippen molar-refractivity contribution in [3.05, 3.63) is 24.1 Å². The zero-order valence-corrected chi connectivity index (χ0v) is 9.65. The van der Waals surface area contributed by atoms with Crippen LogP contribution in [0.2, 0.25) is 0 Å². The van der Waals surface area contributed by atoms with Crippen molar-refractivity contribution in [2.75, 3.05) is 11.4 Å². The third kappa shape index (κ3) is 2.16. The van der Waals surface area contributed by atoms with Crippen molar-refractivity contribution in [3.8, 4) is 0 Å². The molecule has 2 heterocycles. The summed E-state index contributed by atoms with van der Waals surface area (Å²) in [7, 11) is 0. The van der Waals surface area contributed by atoms with Crippen LogP contribution in [0.4, 0.5) is 10.2 Å². The van der Waals surface area contributed by atoms with Crippen LogP contribution in [0, 0.1) is 5.82 Å². The van der Waals surface area contributed by atoms with E-state index in [1.165, 1.54) is 12.3 Å². The zero-order chi connectivity index (χ0) is 11.8. The minimum atomic E-state index is -0.757. The summed E-state index contributed by atoms with van der Waals surface area (Å²) >= 11 is 0. The maximum absolute atomic E-state index is 12.8. The third-order valence-electron chi connectivity index (χ3n) is 3.07. The number of aliphatic hydroxyl groups is 1. The fourth-order valence-corrected chi connectivity index (χ4v) is 2.31. The molecule has 1 saturated heterocycles. The van der Waals surface area contributed by atoms with E-state index in [1.54, 1.807) is 19.9 Å². The number of halogens is 1. The second-order valence-corrected chi connectivity index (χ2v) is 4.84. The van der Waals surface area contributed by atoms with Gasteiger partial charge in [0.1, 0.15) is 11.6 Å². The Morgan fingerprint density at radius 2 is 2.25 bits per heavy atom. The first-order valence-electron chi connectivity index (χ1n) is 5.59. The van der Waals surface area contributed by atoms with E-state index in [0.29, 0.717) is 0 Å². The van der Waals surface area contributed by atoms with Gasteiger partial charge < -0.3 is 10.0 Å². The Morgan fingerprint density at radius 1 is 1.50 bits per heavy atom. The van der Waals surface area contributed by atoms with Crippen LogP contribution in [0.5, 0.6) is 0 Å². The predicted molar refractivity (Wildman–Crippen MR) is 60.9 cm³/mol. The summed E-state index contributed by atoms with van der Waals surface area (Å²) in [6.45, 7) is 4.48. The summed E-state index contributed by atoms with van der Waals surface area (Å²) in [5.74, 6) is 0.411. The fraction of sp³-hybridized carbons (Fsp3) is 0.583. The molecule has 0 aliphatic carbocycles. The molecule has 16 heavy (non-hydrogen) atoms. The van der Waals surface area contributed by atoms with E-state index in [2.05, 4.69) is 9.88 Å². The van der Waals surface area contributed by atoms with Gasteiger partial charge >= 0.3 is 0 Å². The Hall–Kier alpha value is -1.16.